The molecule has 11 heteroatoms. The van der Waals surface area contributed by atoms with Crippen LogP contribution < -0.4 is 4.90 Å². The zero-order chi connectivity index (χ0) is 24.7. The van der Waals surface area contributed by atoms with Crippen LogP contribution >= 0.6 is 11.6 Å². The van der Waals surface area contributed by atoms with Gasteiger partial charge in [-0.25, -0.2) is 13.8 Å². The Labute approximate surface area is 199 Å². The summed E-state index contributed by atoms with van der Waals surface area (Å²) in [5.74, 6) is 0.890. The van der Waals surface area contributed by atoms with Crippen molar-refractivity contribution in [2.45, 2.75) is 26.4 Å². The van der Waals surface area contributed by atoms with Crippen molar-refractivity contribution in [1.82, 2.24) is 14.6 Å². The van der Waals surface area contributed by atoms with Gasteiger partial charge >= 0.3 is 0 Å². The Morgan fingerprint density at radius 1 is 1.44 bits per heavy atom. The van der Waals surface area contributed by atoms with Crippen molar-refractivity contribution >= 4 is 34.4 Å². The van der Waals surface area contributed by atoms with Crippen LogP contribution in [-0.2, 0) is 4.74 Å². The van der Waals surface area contributed by atoms with E-state index in [1.807, 2.05) is 13.0 Å². The maximum atomic E-state index is 13.7. The summed E-state index contributed by atoms with van der Waals surface area (Å²) < 4.78 is 34.2. The number of anilines is 1. The monoisotopic (exact) mass is 486 g/mol. The Hall–Kier alpha value is -3.55. The zero-order valence-corrected chi connectivity index (χ0v) is 19.4. The lowest BCUT2D eigenvalue weighted by molar-refractivity contribution is 0.139. The lowest BCUT2D eigenvalue weighted by Crippen LogP contribution is -2.52. The van der Waals surface area contributed by atoms with Gasteiger partial charge in [0.05, 0.1) is 24.6 Å². The molecule has 0 bridgehead atoms. The summed E-state index contributed by atoms with van der Waals surface area (Å²) in [6, 6.07) is 1.81. The minimum absolute atomic E-state index is 0.0299. The normalized spacial score (nSPS) is 19.1. The first-order valence-electron chi connectivity index (χ1n) is 10.3. The number of aliphatic hydroxyl groups is 1. The molecule has 0 amide bonds. The maximum absolute atomic E-state index is 13.7. The lowest BCUT2D eigenvalue weighted by Gasteiger charge is -2.39. The molecule has 2 aromatic rings. The number of methoxy groups -OCH3 is 1. The standard InChI is InChI=1S/C23H21ClF2N6O2/c1-5-28-16-6-13(24)7-17(34-4)19(16)11(2)18-12(3)29-22-15(8-27)20(21(25)26)30-32(22)23(18)31-9-14(33)10-31/h5-7,14,21,33H,1,9-10H2,2-4H3/b19-11-,28-16?. The lowest BCUT2D eigenvalue weighted by atomic mass is 9.92. The molecule has 1 saturated heterocycles. The van der Waals surface area contributed by atoms with E-state index < -0.39 is 18.2 Å². The van der Waals surface area contributed by atoms with Crippen LogP contribution in [0.3, 0.4) is 0 Å². The smallest absolute Gasteiger partial charge is 0.283 e. The number of aliphatic imine (C=N–C) groups is 1. The van der Waals surface area contributed by atoms with Gasteiger partial charge in [-0.3, -0.25) is 4.99 Å². The number of aromatic nitrogens is 3. The molecule has 1 aliphatic carbocycles. The minimum atomic E-state index is -2.95. The molecule has 0 radical (unpaired) electrons. The molecule has 1 aliphatic heterocycles. The molecule has 4 rings (SSSR count). The topological polar surface area (TPSA) is 99.0 Å². The van der Waals surface area contributed by atoms with E-state index in [1.165, 1.54) is 17.8 Å². The fourth-order valence-corrected chi connectivity index (χ4v) is 4.41. The van der Waals surface area contributed by atoms with E-state index in [2.05, 4.69) is 21.7 Å². The fourth-order valence-electron chi connectivity index (χ4n) is 4.21. The highest BCUT2D eigenvalue weighted by Crippen LogP contribution is 2.39. The van der Waals surface area contributed by atoms with Crippen LogP contribution in [0.5, 0.6) is 0 Å². The van der Waals surface area contributed by atoms with Gasteiger partial charge in [0.2, 0.25) is 0 Å². The van der Waals surface area contributed by atoms with Crippen molar-refractivity contribution in [3.05, 3.63) is 63.8 Å². The molecule has 0 unspecified atom stereocenters. The van der Waals surface area contributed by atoms with Crippen LogP contribution in [0.2, 0.25) is 0 Å². The number of halogens is 3. The van der Waals surface area contributed by atoms with Gasteiger partial charge in [0.1, 0.15) is 28.9 Å². The highest BCUT2D eigenvalue weighted by Gasteiger charge is 2.34. The second-order valence-electron chi connectivity index (χ2n) is 7.80. The van der Waals surface area contributed by atoms with E-state index in [4.69, 9.17) is 16.3 Å². The Balaban J connectivity index is 2.10. The van der Waals surface area contributed by atoms with Gasteiger partial charge in [-0.05, 0) is 31.6 Å². The molecule has 0 spiro atoms. The third-order valence-electron chi connectivity index (χ3n) is 5.67. The largest absolute Gasteiger partial charge is 0.496 e. The average Bonchev–Trinajstić information content (AvgIpc) is 3.14. The minimum Gasteiger partial charge on any atom is -0.496 e. The van der Waals surface area contributed by atoms with Crippen molar-refractivity contribution in [2.75, 3.05) is 25.1 Å². The molecule has 0 saturated carbocycles. The first-order chi connectivity index (χ1) is 16.2. The van der Waals surface area contributed by atoms with Gasteiger partial charge in [-0.15, -0.1) is 0 Å². The van der Waals surface area contributed by atoms with Crippen LogP contribution in [0.1, 0.15) is 35.9 Å². The average molecular weight is 487 g/mol. The molecule has 0 atom stereocenters. The number of aryl methyl sites for hydroxylation is 1. The van der Waals surface area contributed by atoms with Gasteiger partial charge < -0.3 is 14.7 Å². The zero-order valence-electron chi connectivity index (χ0n) is 18.7. The Morgan fingerprint density at radius 3 is 2.71 bits per heavy atom. The maximum Gasteiger partial charge on any atom is 0.283 e. The molecule has 8 nitrogen and oxygen atoms in total. The number of alkyl halides is 2. The number of ether oxygens (including phenoxy) is 1. The van der Waals surface area contributed by atoms with Crippen LogP contribution in [0.15, 0.2) is 46.3 Å². The van der Waals surface area contributed by atoms with Gasteiger partial charge in [0, 0.05) is 35.5 Å². The van der Waals surface area contributed by atoms with Crippen molar-refractivity contribution < 1.29 is 18.6 Å². The summed E-state index contributed by atoms with van der Waals surface area (Å²) in [6.07, 6.45) is 1.16. The molecule has 0 aromatic carbocycles. The third kappa shape index (κ3) is 3.77. The fraction of sp³-hybridized carbons (Fsp3) is 0.304. The number of nitrogens with zero attached hydrogens (tertiary/aromatic N) is 6. The van der Waals surface area contributed by atoms with E-state index in [0.717, 1.165) is 0 Å². The van der Waals surface area contributed by atoms with Crippen molar-refractivity contribution in [1.29, 1.82) is 5.26 Å². The molecule has 34 heavy (non-hydrogen) atoms. The van der Waals surface area contributed by atoms with E-state index in [1.54, 1.807) is 24.0 Å². The van der Waals surface area contributed by atoms with Gasteiger partial charge in [-0.2, -0.15) is 14.9 Å². The molecule has 1 N–H and O–H groups in total. The number of aliphatic hydroxyl groups excluding tert-OH is 1. The summed E-state index contributed by atoms with van der Waals surface area (Å²) in [5.41, 5.74) is 1.97. The first-order valence-corrected chi connectivity index (χ1v) is 10.7. The van der Waals surface area contributed by atoms with Crippen LogP contribution in [0.4, 0.5) is 14.6 Å². The summed E-state index contributed by atoms with van der Waals surface area (Å²) in [6.45, 7) is 7.75. The molecular formula is C23H21ClF2N6O2. The van der Waals surface area contributed by atoms with Crippen LogP contribution in [-0.4, -0.2) is 51.7 Å². The molecule has 176 valence electrons. The number of β-amino-alcohol motifs (C(OH)–C–C–N with tert-alkyl or cyclic N) is 1. The number of fused-ring (bicyclic) bond motifs is 1. The van der Waals surface area contributed by atoms with Crippen molar-refractivity contribution in [3.63, 3.8) is 0 Å². The van der Waals surface area contributed by atoms with E-state index in [-0.39, 0.29) is 24.3 Å². The summed E-state index contributed by atoms with van der Waals surface area (Å²) >= 11 is 6.24. The van der Waals surface area contributed by atoms with E-state index >= 15 is 0 Å². The predicted octanol–water partition coefficient (Wildman–Crippen LogP) is 4.05. The second kappa shape index (κ2) is 9.00. The summed E-state index contributed by atoms with van der Waals surface area (Å²) in [5, 5.41) is 24.0. The quantitative estimate of drug-likeness (QED) is 0.684. The third-order valence-corrected chi connectivity index (χ3v) is 5.89. The highest BCUT2D eigenvalue weighted by atomic mass is 35.5. The summed E-state index contributed by atoms with van der Waals surface area (Å²) in [7, 11) is 1.50. The molecule has 2 aromatic heterocycles. The van der Waals surface area contributed by atoms with Crippen molar-refractivity contribution in [3.8, 4) is 6.07 Å². The molecule has 3 heterocycles. The first kappa shape index (κ1) is 23.6. The number of hydrogen-bond donors (Lipinski definition) is 1. The van der Waals surface area contributed by atoms with E-state index in [9.17, 15) is 19.1 Å². The Kier molecular flexibility index (Phi) is 6.25. The SMILES string of the molecule is C=CN=C1C=C(Cl)C=C(OC)/C1=C(/C)c1c(C)nc2c(C#N)c(C(F)F)nn2c1N1CC(O)C1. The van der Waals surface area contributed by atoms with Crippen molar-refractivity contribution in [2.24, 2.45) is 4.99 Å². The molecule has 1 fully saturated rings. The number of hydrogen-bond acceptors (Lipinski definition) is 7. The number of nitriles is 1. The second-order valence-corrected chi connectivity index (χ2v) is 8.24. The molecular weight excluding hydrogens is 466 g/mol. The van der Waals surface area contributed by atoms with Crippen LogP contribution in [0, 0.1) is 18.3 Å². The summed E-state index contributed by atoms with van der Waals surface area (Å²) in [4.78, 5) is 10.6. The highest BCUT2D eigenvalue weighted by molar-refractivity contribution is 6.35. The van der Waals surface area contributed by atoms with Gasteiger partial charge in [0.25, 0.3) is 6.43 Å². The van der Waals surface area contributed by atoms with E-state index in [0.29, 0.717) is 44.7 Å². The predicted molar refractivity (Wildman–Crippen MR) is 125 cm³/mol. The Morgan fingerprint density at radius 2 is 2.15 bits per heavy atom. The Bertz CT molecular complexity index is 1360. The number of allylic oxidation sites excluding steroid dienone is 5. The molecule has 2 aliphatic rings. The van der Waals surface area contributed by atoms with Gasteiger partial charge in [0.15, 0.2) is 5.65 Å². The van der Waals surface area contributed by atoms with Gasteiger partial charge in [-0.1, -0.05) is 18.2 Å². The van der Waals surface area contributed by atoms with Crippen LogP contribution in [0.25, 0.3) is 11.2 Å². The number of rotatable bonds is 5.